The zero-order valence-electron chi connectivity index (χ0n) is 21.0. The van der Waals surface area contributed by atoms with Crippen molar-refractivity contribution in [2.24, 2.45) is 33.8 Å². The Balaban J connectivity index is 5.62. The van der Waals surface area contributed by atoms with Crippen molar-refractivity contribution in [3.8, 4) is 0 Å². The molecule has 36 heavy (non-hydrogen) atoms. The number of aliphatic carboxylic acids is 1. The molecule has 0 rings (SSSR count). The summed E-state index contributed by atoms with van der Waals surface area (Å²) in [6.07, 6.45) is 2.27. The van der Waals surface area contributed by atoms with E-state index < -0.39 is 60.2 Å². The predicted molar refractivity (Wildman–Crippen MR) is 138 cm³/mol. The number of thioether (sulfide) groups is 1. The molecule has 206 valence electrons. The zero-order chi connectivity index (χ0) is 27.8. The first kappa shape index (κ1) is 32.9. The molecule has 0 aromatic heterocycles. The topological polar surface area (TPSA) is 258 Å². The average molecular weight is 533 g/mol. The van der Waals surface area contributed by atoms with Crippen molar-refractivity contribution in [3.05, 3.63) is 0 Å². The Bertz CT molecular complexity index is 790. The van der Waals surface area contributed by atoms with E-state index in [9.17, 15) is 29.1 Å². The van der Waals surface area contributed by atoms with Crippen molar-refractivity contribution >= 4 is 47.3 Å². The highest BCUT2D eigenvalue weighted by atomic mass is 32.2. The number of hydrogen-bond acceptors (Lipinski definition) is 8. The van der Waals surface area contributed by atoms with Crippen molar-refractivity contribution in [3.63, 3.8) is 0 Å². The van der Waals surface area contributed by atoms with Crippen LogP contribution in [0, 0.1) is 5.92 Å². The minimum Gasteiger partial charge on any atom is -0.480 e. The Hall–Kier alpha value is -3.07. The molecule has 0 radical (unpaired) electrons. The molecule has 0 fully saturated rings. The standard InChI is InChI=1S/C21H40N8O6S/c1-11(2)9-14(28-17(31)12(22)6-8-36-3)19(33)27-13(5-4-7-26-21(24)25)18(32)29-15(20(34)35)10-16(23)30/h11-15H,4-10,22H2,1-3H3,(H2,23,30)(H,27,33)(H,28,31)(H,29,32)(H,34,35)(H4,24,25,26). The van der Waals surface area contributed by atoms with E-state index in [0.29, 0.717) is 12.2 Å². The summed E-state index contributed by atoms with van der Waals surface area (Å²) in [5.74, 6) is -3.82. The van der Waals surface area contributed by atoms with E-state index in [-0.39, 0.29) is 37.7 Å². The Morgan fingerprint density at radius 1 is 0.889 bits per heavy atom. The predicted octanol–water partition coefficient (Wildman–Crippen LogP) is -2.42. The number of carboxylic acids is 1. The van der Waals surface area contributed by atoms with Crippen LogP contribution in [0.2, 0.25) is 0 Å². The first-order valence-electron chi connectivity index (χ1n) is 11.5. The Morgan fingerprint density at radius 3 is 1.94 bits per heavy atom. The maximum atomic E-state index is 13.1. The van der Waals surface area contributed by atoms with Gasteiger partial charge in [-0.3, -0.25) is 24.2 Å². The molecule has 0 aliphatic rings. The molecule has 0 saturated heterocycles. The van der Waals surface area contributed by atoms with Gasteiger partial charge in [0.15, 0.2) is 5.96 Å². The maximum absolute atomic E-state index is 13.1. The minimum absolute atomic E-state index is 0.0181. The lowest BCUT2D eigenvalue weighted by atomic mass is 10.0. The summed E-state index contributed by atoms with van der Waals surface area (Å²) in [5, 5.41) is 16.7. The van der Waals surface area contributed by atoms with Gasteiger partial charge < -0.3 is 44.0 Å². The number of carbonyl (C=O) groups is 5. The van der Waals surface area contributed by atoms with Crippen LogP contribution in [0.15, 0.2) is 4.99 Å². The highest BCUT2D eigenvalue weighted by Crippen LogP contribution is 2.09. The van der Waals surface area contributed by atoms with Crippen LogP contribution in [0.25, 0.3) is 0 Å². The van der Waals surface area contributed by atoms with Crippen molar-refractivity contribution in [1.29, 1.82) is 0 Å². The van der Waals surface area contributed by atoms with Crippen LogP contribution < -0.4 is 38.9 Å². The number of primary amides is 1. The normalized spacial score (nSPS) is 14.1. The van der Waals surface area contributed by atoms with Crippen LogP contribution >= 0.6 is 11.8 Å². The molecule has 4 atom stereocenters. The molecule has 0 aliphatic heterocycles. The molecule has 0 spiro atoms. The Morgan fingerprint density at radius 2 is 1.44 bits per heavy atom. The molecule has 0 saturated carbocycles. The highest BCUT2D eigenvalue weighted by Gasteiger charge is 2.31. The van der Waals surface area contributed by atoms with Crippen LogP contribution in [-0.2, 0) is 24.0 Å². The van der Waals surface area contributed by atoms with Crippen LogP contribution in [0.3, 0.4) is 0 Å². The third-order valence-electron chi connectivity index (χ3n) is 4.91. The van der Waals surface area contributed by atoms with Crippen molar-refractivity contribution in [2.75, 3.05) is 18.6 Å². The van der Waals surface area contributed by atoms with E-state index in [1.165, 1.54) is 11.8 Å². The van der Waals surface area contributed by atoms with Crippen molar-refractivity contribution in [1.82, 2.24) is 16.0 Å². The molecule has 0 aliphatic carbocycles. The number of hydrogen-bond donors (Lipinski definition) is 8. The molecule has 12 N–H and O–H groups in total. The molecule has 0 aromatic carbocycles. The summed E-state index contributed by atoms with van der Waals surface area (Å²) in [6.45, 7) is 3.88. The summed E-state index contributed by atoms with van der Waals surface area (Å²) in [7, 11) is 0. The number of nitrogens with zero attached hydrogens (tertiary/aromatic N) is 1. The van der Waals surface area contributed by atoms with Gasteiger partial charge >= 0.3 is 5.97 Å². The number of carbonyl (C=O) groups excluding carboxylic acids is 4. The molecule has 0 heterocycles. The fraction of sp³-hybridized carbons (Fsp3) is 0.714. The second kappa shape index (κ2) is 17.4. The van der Waals surface area contributed by atoms with Gasteiger partial charge in [0.25, 0.3) is 0 Å². The molecule has 0 aromatic rings. The van der Waals surface area contributed by atoms with Gasteiger partial charge in [-0.2, -0.15) is 11.8 Å². The van der Waals surface area contributed by atoms with Gasteiger partial charge in [0, 0.05) is 6.54 Å². The average Bonchev–Trinajstić information content (AvgIpc) is 2.77. The number of carboxylic acid groups (broad SMARTS) is 1. The fourth-order valence-electron chi connectivity index (χ4n) is 3.08. The first-order valence-corrected chi connectivity index (χ1v) is 12.9. The van der Waals surface area contributed by atoms with Crippen LogP contribution in [-0.4, -0.2) is 83.4 Å². The summed E-state index contributed by atoms with van der Waals surface area (Å²) >= 11 is 1.54. The summed E-state index contributed by atoms with van der Waals surface area (Å²) < 4.78 is 0. The number of rotatable bonds is 18. The van der Waals surface area contributed by atoms with E-state index >= 15 is 0 Å². The Labute approximate surface area is 215 Å². The molecular formula is C21H40N8O6S. The maximum Gasteiger partial charge on any atom is 0.326 e. The van der Waals surface area contributed by atoms with E-state index in [1.807, 2.05) is 20.1 Å². The van der Waals surface area contributed by atoms with Gasteiger partial charge in [-0.15, -0.1) is 0 Å². The van der Waals surface area contributed by atoms with Gasteiger partial charge in [-0.1, -0.05) is 13.8 Å². The molecule has 4 unspecified atom stereocenters. The zero-order valence-corrected chi connectivity index (χ0v) is 21.8. The Kier molecular flexibility index (Phi) is 15.9. The van der Waals surface area contributed by atoms with E-state index in [0.717, 1.165) is 0 Å². The summed E-state index contributed by atoms with van der Waals surface area (Å²) in [5.41, 5.74) is 21.6. The highest BCUT2D eigenvalue weighted by molar-refractivity contribution is 7.98. The monoisotopic (exact) mass is 532 g/mol. The third-order valence-corrected chi connectivity index (χ3v) is 5.55. The second-order valence-electron chi connectivity index (χ2n) is 8.66. The number of guanidine groups is 1. The molecule has 15 heteroatoms. The number of nitrogens with one attached hydrogen (secondary N) is 3. The van der Waals surface area contributed by atoms with Gasteiger partial charge in [0.1, 0.15) is 18.1 Å². The number of aliphatic imine (C=N–C) groups is 1. The van der Waals surface area contributed by atoms with E-state index in [1.54, 1.807) is 0 Å². The summed E-state index contributed by atoms with van der Waals surface area (Å²) in [6, 6.07) is -4.55. The van der Waals surface area contributed by atoms with Gasteiger partial charge in [-0.25, -0.2) is 4.79 Å². The second-order valence-corrected chi connectivity index (χ2v) is 9.64. The van der Waals surface area contributed by atoms with Crippen LogP contribution in [0.1, 0.15) is 46.0 Å². The van der Waals surface area contributed by atoms with E-state index in [4.69, 9.17) is 22.9 Å². The lowest BCUT2D eigenvalue weighted by Gasteiger charge is -2.26. The lowest BCUT2D eigenvalue weighted by molar-refractivity contribution is -0.143. The fourth-order valence-corrected chi connectivity index (χ4v) is 3.57. The molecule has 4 amide bonds. The van der Waals surface area contributed by atoms with Gasteiger partial charge in [0.2, 0.25) is 23.6 Å². The molecular weight excluding hydrogens is 492 g/mol. The minimum atomic E-state index is -1.58. The lowest BCUT2D eigenvalue weighted by Crippen LogP contribution is -2.57. The van der Waals surface area contributed by atoms with Gasteiger partial charge in [-0.05, 0) is 43.6 Å². The van der Waals surface area contributed by atoms with Crippen LogP contribution in [0.5, 0.6) is 0 Å². The van der Waals surface area contributed by atoms with Crippen LogP contribution in [0.4, 0.5) is 0 Å². The largest absolute Gasteiger partial charge is 0.480 e. The van der Waals surface area contributed by atoms with Crippen molar-refractivity contribution in [2.45, 2.75) is 70.1 Å². The first-order chi connectivity index (χ1) is 16.8. The number of amides is 4. The summed E-state index contributed by atoms with van der Waals surface area (Å²) in [4.78, 5) is 64.9. The molecule has 0 bridgehead atoms. The SMILES string of the molecule is CSCCC(N)C(=O)NC(CC(C)C)C(=O)NC(CCCN=C(N)N)C(=O)NC(CC(N)=O)C(=O)O. The molecule has 14 nitrogen and oxygen atoms in total. The quantitative estimate of drug-likeness (QED) is 0.0526. The third kappa shape index (κ3) is 14.4. The van der Waals surface area contributed by atoms with Gasteiger partial charge in [0.05, 0.1) is 12.5 Å². The van der Waals surface area contributed by atoms with E-state index in [2.05, 4.69) is 20.9 Å². The smallest absolute Gasteiger partial charge is 0.326 e. The van der Waals surface area contributed by atoms with Crippen molar-refractivity contribution < 1.29 is 29.1 Å². The number of nitrogens with two attached hydrogens (primary N) is 4.